The Morgan fingerprint density at radius 3 is 2.17 bits per heavy atom. The molecule has 12 heavy (non-hydrogen) atoms. The van der Waals surface area contributed by atoms with Crippen LogP contribution in [-0.4, -0.2) is 35.9 Å². The van der Waals surface area contributed by atoms with Gasteiger partial charge in [0.15, 0.2) is 11.2 Å². The van der Waals surface area contributed by atoms with Gasteiger partial charge in [-0.15, -0.1) is 17.0 Å². The van der Waals surface area contributed by atoms with E-state index < -0.39 is 0 Å². The number of nitrogens with zero attached hydrogens (tertiary/aromatic N) is 2. The number of rotatable bonds is 0. The quantitative estimate of drug-likeness (QED) is 0.640. The lowest BCUT2D eigenvalue weighted by Crippen LogP contribution is -2.27. The molecule has 1 aliphatic heterocycles. The molecule has 1 atom stereocenters. The van der Waals surface area contributed by atoms with Crippen LogP contribution in [0, 0.1) is 0 Å². The Morgan fingerprint density at radius 1 is 1.75 bits per heavy atom. The van der Waals surface area contributed by atoms with E-state index in [1.165, 1.54) is 5.71 Å². The average Bonchev–Trinajstić information content (AvgIpc) is 2.40. The Kier molecular flexibility index (Phi) is 4.47. The normalized spacial score (nSPS) is 20.5. The Labute approximate surface area is 87.5 Å². The van der Waals surface area contributed by atoms with Crippen LogP contribution in [-0.2, 0) is 4.84 Å². The number of hydrogen-bond acceptors (Lipinski definition) is 3. The second-order valence-electron chi connectivity index (χ2n) is 2.61. The molecule has 1 aliphatic carbocycles. The first kappa shape index (κ1) is 11.6. The summed E-state index contributed by atoms with van der Waals surface area (Å²) in [5.41, 5.74) is 6.35. The van der Waals surface area contributed by atoms with E-state index in [2.05, 4.69) is 22.2 Å². The standard InChI is InChI=1S/C3H8N2S.C3H3NO.BrH/c1-5(2)3(4)6;1-2-3(1)5-4-2;/h1-2H3,(H2,4,6);3H,1H2;1H. The van der Waals surface area contributed by atoms with E-state index in [1.54, 1.807) is 4.90 Å². The third-order valence-electron chi connectivity index (χ3n) is 1.34. The van der Waals surface area contributed by atoms with Crippen LogP contribution in [0.2, 0.25) is 0 Å². The molecule has 1 heterocycles. The van der Waals surface area contributed by atoms with Crippen LogP contribution in [0.3, 0.4) is 0 Å². The maximum Gasteiger partial charge on any atom is 0.174 e. The third-order valence-corrected chi connectivity index (χ3v) is 1.71. The molecule has 0 radical (unpaired) electrons. The minimum atomic E-state index is 0. The molecule has 2 N–H and O–H groups in total. The molecule has 1 unspecified atom stereocenters. The molecule has 1 saturated carbocycles. The molecule has 1 fully saturated rings. The summed E-state index contributed by atoms with van der Waals surface area (Å²) in [7, 11) is 3.62. The fourth-order valence-corrected chi connectivity index (χ4v) is 0.407. The highest BCUT2D eigenvalue weighted by Crippen LogP contribution is 2.29. The smallest absolute Gasteiger partial charge is 0.174 e. The lowest BCUT2D eigenvalue weighted by molar-refractivity contribution is 0.118. The highest BCUT2D eigenvalue weighted by Gasteiger charge is 2.42. The highest BCUT2D eigenvalue weighted by molar-refractivity contribution is 8.93. The molecule has 70 valence electrons. The minimum absolute atomic E-state index is 0. The fourth-order valence-electron chi connectivity index (χ4n) is 0.407. The lowest BCUT2D eigenvalue weighted by atomic mass is 10.8. The molecule has 4 nitrogen and oxygen atoms in total. The zero-order valence-corrected chi connectivity index (χ0v) is 9.51. The number of hydrogen-bond donors (Lipinski definition) is 1. The predicted octanol–water partition coefficient (Wildman–Crippen LogP) is 0.514. The van der Waals surface area contributed by atoms with Crippen LogP contribution in [0.5, 0.6) is 0 Å². The molecule has 2 aliphatic rings. The number of fused-ring (bicyclic) bond motifs is 1. The lowest BCUT2D eigenvalue weighted by Gasteiger charge is -2.05. The first-order valence-corrected chi connectivity index (χ1v) is 3.71. The summed E-state index contributed by atoms with van der Waals surface area (Å²) in [5, 5.41) is 3.99. The number of oxime groups is 1. The number of halogens is 1. The van der Waals surface area contributed by atoms with Gasteiger partial charge in [-0.1, -0.05) is 5.16 Å². The summed E-state index contributed by atoms with van der Waals surface area (Å²) < 4.78 is 0. The molecule has 2 rings (SSSR count). The maximum atomic E-state index is 5.09. The van der Waals surface area contributed by atoms with Gasteiger partial charge in [0, 0.05) is 20.5 Å². The number of nitrogens with two attached hydrogens (primary N) is 1. The predicted molar refractivity (Wildman–Crippen MR) is 57.7 cm³/mol. The average molecular weight is 254 g/mol. The molecule has 0 amide bonds. The SMILES string of the molecule is Br.C1C2=NOC12.CN(C)C(N)=S. The van der Waals surface area contributed by atoms with Gasteiger partial charge in [0.05, 0.1) is 0 Å². The van der Waals surface area contributed by atoms with Gasteiger partial charge >= 0.3 is 0 Å². The van der Waals surface area contributed by atoms with Crippen LogP contribution in [0.4, 0.5) is 0 Å². The van der Waals surface area contributed by atoms with E-state index in [0.717, 1.165) is 6.42 Å². The van der Waals surface area contributed by atoms with Crippen molar-refractivity contribution in [1.29, 1.82) is 0 Å². The largest absolute Gasteiger partial charge is 0.386 e. The Morgan fingerprint density at radius 2 is 2.17 bits per heavy atom. The van der Waals surface area contributed by atoms with Crippen molar-refractivity contribution < 1.29 is 4.84 Å². The highest BCUT2D eigenvalue weighted by atomic mass is 79.9. The van der Waals surface area contributed by atoms with Crippen LogP contribution >= 0.6 is 29.2 Å². The minimum Gasteiger partial charge on any atom is -0.386 e. The van der Waals surface area contributed by atoms with Gasteiger partial charge in [0.1, 0.15) is 5.71 Å². The van der Waals surface area contributed by atoms with Crippen molar-refractivity contribution in [1.82, 2.24) is 4.90 Å². The van der Waals surface area contributed by atoms with Gasteiger partial charge in [-0.2, -0.15) is 0 Å². The van der Waals surface area contributed by atoms with E-state index in [0.29, 0.717) is 11.2 Å². The van der Waals surface area contributed by atoms with E-state index in [9.17, 15) is 0 Å². The molecule has 0 spiro atoms. The topological polar surface area (TPSA) is 50.8 Å². The van der Waals surface area contributed by atoms with Crippen molar-refractivity contribution in [3.8, 4) is 0 Å². The Bertz CT molecular complexity index is 205. The van der Waals surface area contributed by atoms with Crippen molar-refractivity contribution in [2.75, 3.05) is 14.1 Å². The second-order valence-corrected chi connectivity index (χ2v) is 3.03. The second kappa shape index (κ2) is 4.61. The van der Waals surface area contributed by atoms with Crippen molar-refractivity contribution >= 4 is 40.0 Å². The van der Waals surface area contributed by atoms with E-state index in [-0.39, 0.29) is 17.0 Å². The summed E-state index contributed by atoms with van der Waals surface area (Å²) in [6.45, 7) is 0. The zero-order chi connectivity index (χ0) is 8.43. The van der Waals surface area contributed by atoms with Crippen molar-refractivity contribution in [2.24, 2.45) is 10.9 Å². The van der Waals surface area contributed by atoms with Crippen LogP contribution < -0.4 is 5.73 Å². The molecule has 0 aromatic rings. The Hall–Kier alpha value is -0.360. The first-order valence-electron chi connectivity index (χ1n) is 3.30. The summed E-state index contributed by atoms with van der Waals surface area (Å²) in [5.74, 6) is 0. The summed E-state index contributed by atoms with van der Waals surface area (Å²) in [4.78, 5) is 6.27. The molecular weight excluding hydrogens is 242 g/mol. The molecular formula is C6H12BrN3OS. The zero-order valence-electron chi connectivity index (χ0n) is 6.98. The van der Waals surface area contributed by atoms with Crippen molar-refractivity contribution in [2.45, 2.75) is 12.5 Å². The maximum absolute atomic E-state index is 5.09. The van der Waals surface area contributed by atoms with Gasteiger partial charge in [0.25, 0.3) is 0 Å². The van der Waals surface area contributed by atoms with Crippen LogP contribution in [0.25, 0.3) is 0 Å². The van der Waals surface area contributed by atoms with Gasteiger partial charge in [-0.05, 0) is 12.2 Å². The van der Waals surface area contributed by atoms with Gasteiger partial charge < -0.3 is 15.5 Å². The van der Waals surface area contributed by atoms with Crippen molar-refractivity contribution in [3.63, 3.8) is 0 Å². The Balaban J connectivity index is 0.000000186. The molecule has 0 aromatic heterocycles. The summed E-state index contributed by atoms with van der Waals surface area (Å²) in [6, 6.07) is 0. The third kappa shape index (κ3) is 3.36. The van der Waals surface area contributed by atoms with E-state index in [1.807, 2.05) is 14.1 Å². The molecule has 0 aromatic carbocycles. The monoisotopic (exact) mass is 253 g/mol. The summed E-state index contributed by atoms with van der Waals surface area (Å²) in [6.07, 6.45) is 1.59. The molecule has 6 heteroatoms. The molecule has 0 bridgehead atoms. The van der Waals surface area contributed by atoms with E-state index in [4.69, 9.17) is 5.73 Å². The van der Waals surface area contributed by atoms with E-state index >= 15 is 0 Å². The summed E-state index contributed by atoms with van der Waals surface area (Å²) >= 11 is 4.52. The molecule has 0 saturated heterocycles. The van der Waals surface area contributed by atoms with Gasteiger partial charge in [0.2, 0.25) is 0 Å². The number of thiocarbonyl (C=S) groups is 1. The van der Waals surface area contributed by atoms with Gasteiger partial charge in [-0.25, -0.2) is 0 Å². The van der Waals surface area contributed by atoms with Crippen LogP contribution in [0.15, 0.2) is 5.16 Å². The fraction of sp³-hybridized carbons (Fsp3) is 0.667. The van der Waals surface area contributed by atoms with Crippen LogP contribution in [0.1, 0.15) is 6.42 Å². The van der Waals surface area contributed by atoms with Crippen molar-refractivity contribution in [3.05, 3.63) is 0 Å². The first-order chi connectivity index (χ1) is 5.11. The van der Waals surface area contributed by atoms with Gasteiger partial charge in [-0.3, -0.25) is 0 Å².